The summed E-state index contributed by atoms with van der Waals surface area (Å²) in [5.41, 5.74) is 1.33. The Kier molecular flexibility index (Phi) is 10.8. The van der Waals surface area contributed by atoms with Gasteiger partial charge in [-0.1, -0.05) is 64.9 Å². The summed E-state index contributed by atoms with van der Waals surface area (Å²) in [6.07, 6.45) is 2.89. The van der Waals surface area contributed by atoms with Gasteiger partial charge in [0, 0.05) is 13.0 Å². The van der Waals surface area contributed by atoms with Crippen LogP contribution in [0.3, 0.4) is 0 Å². The molecule has 0 spiro atoms. The lowest BCUT2D eigenvalue weighted by atomic mass is 9.49. The Bertz CT molecular complexity index is 1170. The zero-order valence-corrected chi connectivity index (χ0v) is 26.5. The topological polar surface area (TPSA) is 60.8 Å². The molecule has 0 heterocycles. The lowest BCUT2D eigenvalue weighted by Gasteiger charge is -2.55. The van der Waals surface area contributed by atoms with Crippen LogP contribution in [0.5, 0.6) is 5.75 Å². The molecule has 1 aromatic rings. The molecule has 2 fully saturated rings. The van der Waals surface area contributed by atoms with Crippen molar-refractivity contribution in [3.05, 3.63) is 29.3 Å². The van der Waals surface area contributed by atoms with Gasteiger partial charge in [0.2, 0.25) is 5.91 Å². The zero-order chi connectivity index (χ0) is 33.4. The predicted octanol–water partition coefficient (Wildman–Crippen LogP) is 8.88. The number of aromatic hydroxyl groups is 1. The number of hydrogen-bond acceptors (Lipinski definition) is 3. The Hall–Kier alpha value is -2.04. The average Bonchev–Trinajstić information content (AvgIpc) is 3.26. The molecule has 4 nitrogen and oxygen atoms in total. The number of aryl methyl sites for hydroxylation is 1. The highest BCUT2D eigenvalue weighted by molar-refractivity contribution is 5.79. The standard InChI is InChI=1S/C34H48F7NO3/c1-4-5-6-7-8-9-10-11-24(30(45)42(3)20-32(35,36)33(37,38)34(39,40)41)26-19-31(2)27(16-17-28(31)44)25-14-12-21-18-22(43)13-15-23(21)29(25)26/h13,15,18,24-29,43-44H,4-12,14,16-17,19-20H2,1-3H3/t24?,25-,26+,27-,28-,29+,31-/m0/s1. The normalized spacial score (nSPS) is 29.1. The molecule has 45 heavy (non-hydrogen) atoms. The summed E-state index contributed by atoms with van der Waals surface area (Å²) in [4.78, 5) is 14.4. The lowest BCUT2D eigenvalue weighted by Crippen LogP contribution is -2.58. The minimum absolute atomic E-state index is 0.0635. The van der Waals surface area contributed by atoms with Crippen LogP contribution in [0, 0.1) is 29.1 Å². The minimum Gasteiger partial charge on any atom is -0.508 e. The molecule has 1 amide bonds. The van der Waals surface area contributed by atoms with E-state index in [0.29, 0.717) is 30.6 Å². The maximum absolute atomic E-state index is 14.5. The number of nitrogens with zero attached hydrogens (tertiary/aromatic N) is 1. The zero-order valence-electron chi connectivity index (χ0n) is 26.5. The Morgan fingerprint density at radius 3 is 2.29 bits per heavy atom. The fourth-order valence-corrected chi connectivity index (χ4v) is 8.94. The summed E-state index contributed by atoms with van der Waals surface area (Å²) in [5, 5.41) is 21.4. The smallest absolute Gasteiger partial charge is 0.459 e. The molecular weight excluding hydrogens is 603 g/mol. The van der Waals surface area contributed by atoms with Gasteiger partial charge in [0.15, 0.2) is 0 Å². The molecule has 1 unspecified atom stereocenters. The fraction of sp³-hybridized carbons (Fsp3) is 0.794. The maximum Gasteiger partial charge on any atom is 0.459 e. The van der Waals surface area contributed by atoms with E-state index in [9.17, 15) is 45.7 Å². The Balaban J connectivity index is 1.69. The third kappa shape index (κ3) is 6.98. The molecule has 11 heteroatoms. The van der Waals surface area contributed by atoms with E-state index in [1.54, 1.807) is 12.1 Å². The van der Waals surface area contributed by atoms with Crippen molar-refractivity contribution in [2.45, 2.75) is 127 Å². The molecule has 0 aromatic heterocycles. The number of hydrogen-bond donors (Lipinski definition) is 2. The highest BCUT2D eigenvalue weighted by atomic mass is 19.4. The number of unbranched alkanes of at least 4 members (excludes halogenated alkanes) is 6. The van der Waals surface area contributed by atoms with E-state index in [-0.39, 0.29) is 29.9 Å². The summed E-state index contributed by atoms with van der Waals surface area (Å²) in [6, 6.07) is 5.10. The molecule has 0 saturated heterocycles. The van der Waals surface area contributed by atoms with Crippen LogP contribution in [0.15, 0.2) is 18.2 Å². The van der Waals surface area contributed by atoms with Gasteiger partial charge < -0.3 is 15.1 Å². The van der Waals surface area contributed by atoms with Gasteiger partial charge in [0.25, 0.3) is 0 Å². The van der Waals surface area contributed by atoms with Gasteiger partial charge in [-0.05, 0) is 90.9 Å². The van der Waals surface area contributed by atoms with Gasteiger partial charge in [-0.25, -0.2) is 0 Å². The molecule has 0 bridgehead atoms. The van der Waals surface area contributed by atoms with Crippen molar-refractivity contribution in [3.63, 3.8) is 0 Å². The van der Waals surface area contributed by atoms with Crippen LogP contribution >= 0.6 is 0 Å². The van der Waals surface area contributed by atoms with Gasteiger partial charge in [-0.3, -0.25) is 4.79 Å². The number of phenolic OH excluding ortho intramolecular Hbond substituents is 1. The van der Waals surface area contributed by atoms with Crippen molar-refractivity contribution in [3.8, 4) is 5.75 Å². The number of fused-ring (bicyclic) bond motifs is 5. The van der Waals surface area contributed by atoms with Crippen molar-refractivity contribution in [1.82, 2.24) is 4.90 Å². The molecular formula is C34H48F7NO3. The summed E-state index contributed by atoms with van der Waals surface area (Å²) in [6.45, 7) is 2.04. The van der Waals surface area contributed by atoms with Gasteiger partial charge in [0.05, 0.1) is 12.6 Å². The van der Waals surface area contributed by atoms with Crippen molar-refractivity contribution >= 4 is 5.91 Å². The van der Waals surface area contributed by atoms with E-state index >= 15 is 0 Å². The summed E-state index contributed by atoms with van der Waals surface area (Å²) in [7, 11) is 0.878. The number of benzene rings is 1. The first-order chi connectivity index (χ1) is 21.0. The molecule has 2 saturated carbocycles. The van der Waals surface area contributed by atoms with Gasteiger partial charge in [0.1, 0.15) is 5.75 Å². The second kappa shape index (κ2) is 13.6. The van der Waals surface area contributed by atoms with Crippen LogP contribution < -0.4 is 0 Å². The minimum atomic E-state index is -6.48. The third-order valence-electron chi connectivity index (χ3n) is 11.3. The van der Waals surface area contributed by atoms with Crippen LogP contribution in [0.25, 0.3) is 0 Å². The van der Waals surface area contributed by atoms with Crippen molar-refractivity contribution in [1.29, 1.82) is 0 Å². The number of alkyl halides is 7. The molecule has 2 N–H and O–H groups in total. The number of phenols is 1. The van der Waals surface area contributed by atoms with Gasteiger partial charge in [-0.2, -0.15) is 30.7 Å². The Labute approximate surface area is 261 Å². The second-order valence-corrected chi connectivity index (χ2v) is 14.2. The Morgan fingerprint density at radius 1 is 1.00 bits per heavy atom. The number of carbonyl (C=O) groups is 1. The molecule has 3 aliphatic rings. The molecule has 4 rings (SSSR count). The maximum atomic E-state index is 14.5. The quantitative estimate of drug-likeness (QED) is 0.166. The molecule has 0 aliphatic heterocycles. The number of amides is 1. The molecule has 1 aromatic carbocycles. The van der Waals surface area contributed by atoms with E-state index in [0.717, 1.165) is 69.5 Å². The number of aliphatic hydroxyl groups excluding tert-OH is 1. The van der Waals surface area contributed by atoms with Crippen LogP contribution in [0.2, 0.25) is 0 Å². The number of halogens is 7. The van der Waals surface area contributed by atoms with E-state index < -0.39 is 53.8 Å². The summed E-state index contributed by atoms with van der Waals surface area (Å²) >= 11 is 0. The monoisotopic (exact) mass is 651 g/mol. The van der Waals surface area contributed by atoms with E-state index in [2.05, 4.69) is 6.92 Å². The third-order valence-corrected chi connectivity index (χ3v) is 11.3. The SMILES string of the molecule is CCCCCCCCCC(C(=O)N(C)CC(F)(F)C(F)(F)C(F)(F)F)[C@H]1C[C@]2(C)[C@@H](O)CC[C@H]2[C@@H]2CCc3cc(O)ccc3[C@H]21. The summed E-state index contributed by atoms with van der Waals surface area (Å²) < 4.78 is 95.6. The van der Waals surface area contributed by atoms with Crippen LogP contribution in [0.4, 0.5) is 30.7 Å². The van der Waals surface area contributed by atoms with Crippen molar-refractivity contribution in [2.24, 2.45) is 29.1 Å². The molecule has 3 aliphatic carbocycles. The summed E-state index contributed by atoms with van der Waals surface area (Å²) in [5.74, 6) is -14.0. The highest BCUT2D eigenvalue weighted by Crippen LogP contribution is 2.64. The number of aliphatic hydroxyl groups is 1. The number of rotatable bonds is 13. The van der Waals surface area contributed by atoms with E-state index in [1.807, 2.05) is 13.0 Å². The highest BCUT2D eigenvalue weighted by Gasteiger charge is 2.73. The first kappa shape index (κ1) is 35.8. The largest absolute Gasteiger partial charge is 0.508 e. The first-order valence-electron chi connectivity index (χ1n) is 16.5. The molecule has 0 radical (unpaired) electrons. The van der Waals surface area contributed by atoms with Crippen LogP contribution in [0.1, 0.15) is 108 Å². The van der Waals surface area contributed by atoms with E-state index in [4.69, 9.17) is 0 Å². The van der Waals surface area contributed by atoms with Gasteiger partial charge in [-0.15, -0.1) is 0 Å². The number of carbonyl (C=O) groups excluding carboxylic acids is 1. The lowest BCUT2D eigenvalue weighted by molar-refractivity contribution is -0.355. The van der Waals surface area contributed by atoms with Crippen LogP contribution in [-0.2, 0) is 11.2 Å². The molecule has 7 atom stereocenters. The average molecular weight is 652 g/mol. The molecule has 256 valence electrons. The van der Waals surface area contributed by atoms with Crippen molar-refractivity contribution < 1.29 is 45.7 Å². The van der Waals surface area contributed by atoms with Crippen LogP contribution in [-0.4, -0.2) is 58.7 Å². The second-order valence-electron chi connectivity index (χ2n) is 14.2. The Morgan fingerprint density at radius 2 is 1.64 bits per heavy atom. The van der Waals surface area contributed by atoms with Gasteiger partial charge >= 0.3 is 18.0 Å². The predicted molar refractivity (Wildman–Crippen MR) is 157 cm³/mol. The fourth-order valence-electron chi connectivity index (χ4n) is 8.94. The van der Waals surface area contributed by atoms with Crippen molar-refractivity contribution in [2.75, 3.05) is 13.6 Å². The van der Waals surface area contributed by atoms with E-state index in [1.165, 1.54) is 0 Å². The first-order valence-corrected chi connectivity index (χ1v) is 16.5.